The van der Waals surface area contributed by atoms with E-state index in [4.69, 9.17) is 15.2 Å². The van der Waals surface area contributed by atoms with Crippen molar-refractivity contribution in [2.75, 3.05) is 19.1 Å². The molecule has 0 radical (unpaired) electrons. The Morgan fingerprint density at radius 1 is 1.50 bits per heavy atom. The molecule has 0 unspecified atom stereocenters. The van der Waals surface area contributed by atoms with Crippen LogP contribution in [0.1, 0.15) is 24.2 Å². The predicted molar refractivity (Wildman–Crippen MR) is 65.7 cm³/mol. The Kier molecular flexibility index (Phi) is 4.76. The Labute approximate surface area is 103 Å². The Balaban J connectivity index is 2.99. The lowest BCUT2D eigenvalue weighted by Gasteiger charge is -2.12. The van der Waals surface area contributed by atoms with Crippen LogP contribution in [0.25, 0.3) is 0 Å². The molecular formula is C11H14BrNO3. The molecule has 88 valence electrons. The van der Waals surface area contributed by atoms with Crippen molar-refractivity contribution < 1.29 is 14.3 Å². The van der Waals surface area contributed by atoms with Crippen molar-refractivity contribution in [2.24, 2.45) is 0 Å². The van der Waals surface area contributed by atoms with Crippen LogP contribution in [0.4, 0.5) is 5.69 Å². The van der Waals surface area contributed by atoms with Gasteiger partial charge >= 0.3 is 0 Å². The molecule has 1 aromatic carbocycles. The zero-order chi connectivity index (χ0) is 12.1. The third-order valence-electron chi connectivity index (χ3n) is 1.95. The van der Waals surface area contributed by atoms with Gasteiger partial charge in [0.15, 0.2) is 18.3 Å². The highest BCUT2D eigenvalue weighted by atomic mass is 79.9. The van der Waals surface area contributed by atoms with Gasteiger partial charge in [0, 0.05) is 11.1 Å². The molecule has 0 heterocycles. The standard InChI is InChI=1S/C11H14BrNO3/c1-3-15-6-16-11-9(7(2)14)4-8(12)5-10(11)13/h4-5H,3,6,13H2,1-2H3. The van der Waals surface area contributed by atoms with Gasteiger partial charge in [-0.25, -0.2) is 0 Å². The first-order valence-electron chi connectivity index (χ1n) is 4.86. The van der Waals surface area contributed by atoms with Crippen molar-refractivity contribution in [1.29, 1.82) is 0 Å². The van der Waals surface area contributed by atoms with Crippen molar-refractivity contribution >= 4 is 27.4 Å². The fourth-order valence-electron chi connectivity index (χ4n) is 1.22. The molecule has 0 bridgehead atoms. The summed E-state index contributed by atoms with van der Waals surface area (Å²) in [6.07, 6.45) is 0. The van der Waals surface area contributed by atoms with Gasteiger partial charge in [0.1, 0.15) is 0 Å². The molecular weight excluding hydrogens is 274 g/mol. The van der Waals surface area contributed by atoms with Crippen LogP contribution >= 0.6 is 15.9 Å². The summed E-state index contributed by atoms with van der Waals surface area (Å²) in [5, 5.41) is 0. The first kappa shape index (κ1) is 13.0. The third kappa shape index (κ3) is 3.21. The minimum Gasteiger partial charge on any atom is -0.465 e. The Hall–Kier alpha value is -1.07. The van der Waals surface area contributed by atoms with E-state index in [1.54, 1.807) is 12.1 Å². The molecule has 0 saturated carbocycles. The lowest BCUT2D eigenvalue weighted by Crippen LogP contribution is -2.08. The maximum Gasteiger partial charge on any atom is 0.189 e. The molecule has 0 aromatic heterocycles. The number of halogens is 1. The summed E-state index contributed by atoms with van der Waals surface area (Å²) in [5.41, 5.74) is 6.65. The van der Waals surface area contributed by atoms with Gasteiger partial charge in [0.25, 0.3) is 0 Å². The molecule has 0 amide bonds. The molecule has 1 aromatic rings. The van der Waals surface area contributed by atoms with Gasteiger partial charge in [-0.05, 0) is 26.0 Å². The molecule has 0 aliphatic rings. The minimum absolute atomic E-state index is 0.0859. The molecule has 2 N–H and O–H groups in total. The largest absolute Gasteiger partial charge is 0.465 e. The predicted octanol–water partition coefficient (Wildman–Crippen LogP) is 2.61. The summed E-state index contributed by atoms with van der Waals surface area (Å²) >= 11 is 3.28. The quantitative estimate of drug-likeness (QED) is 0.391. The van der Waals surface area contributed by atoms with E-state index in [1.807, 2.05) is 6.92 Å². The number of anilines is 1. The van der Waals surface area contributed by atoms with Crippen LogP contribution in [0.5, 0.6) is 5.75 Å². The average molecular weight is 288 g/mol. The molecule has 4 nitrogen and oxygen atoms in total. The van der Waals surface area contributed by atoms with Gasteiger partial charge in [-0.3, -0.25) is 4.79 Å². The van der Waals surface area contributed by atoms with Crippen molar-refractivity contribution in [3.05, 3.63) is 22.2 Å². The number of hydrogen-bond acceptors (Lipinski definition) is 4. The van der Waals surface area contributed by atoms with Gasteiger partial charge < -0.3 is 15.2 Å². The van der Waals surface area contributed by atoms with E-state index in [1.165, 1.54) is 6.92 Å². The Bertz CT molecular complexity index is 393. The first-order chi connectivity index (χ1) is 7.56. The number of Topliss-reactive ketones (excluding diaryl/α,β-unsaturated/α-hetero) is 1. The number of ketones is 1. The zero-order valence-corrected chi connectivity index (χ0v) is 10.8. The van der Waals surface area contributed by atoms with E-state index in [0.717, 1.165) is 4.47 Å². The minimum atomic E-state index is -0.0977. The van der Waals surface area contributed by atoms with Gasteiger partial charge in [-0.15, -0.1) is 0 Å². The SMILES string of the molecule is CCOCOc1c(N)cc(Br)cc1C(C)=O. The Morgan fingerprint density at radius 2 is 2.19 bits per heavy atom. The van der Waals surface area contributed by atoms with Crippen molar-refractivity contribution in [3.8, 4) is 5.75 Å². The van der Waals surface area contributed by atoms with E-state index in [9.17, 15) is 4.79 Å². The van der Waals surface area contributed by atoms with Gasteiger partial charge in [0.05, 0.1) is 11.3 Å². The first-order valence-corrected chi connectivity index (χ1v) is 5.66. The number of nitrogens with two attached hydrogens (primary N) is 1. The van der Waals surface area contributed by atoms with E-state index in [0.29, 0.717) is 23.6 Å². The van der Waals surface area contributed by atoms with Crippen LogP contribution in [-0.2, 0) is 4.74 Å². The van der Waals surface area contributed by atoms with Gasteiger partial charge in [-0.2, -0.15) is 0 Å². The molecule has 1 rings (SSSR count). The number of ether oxygens (including phenoxy) is 2. The van der Waals surface area contributed by atoms with E-state index in [2.05, 4.69) is 15.9 Å². The Morgan fingerprint density at radius 3 is 2.75 bits per heavy atom. The molecule has 16 heavy (non-hydrogen) atoms. The van der Waals surface area contributed by atoms with Crippen molar-refractivity contribution in [3.63, 3.8) is 0 Å². The summed E-state index contributed by atoms with van der Waals surface area (Å²) in [5.74, 6) is 0.281. The average Bonchev–Trinajstić information content (AvgIpc) is 2.20. The second-order valence-electron chi connectivity index (χ2n) is 3.18. The highest BCUT2D eigenvalue weighted by molar-refractivity contribution is 9.10. The number of nitrogen functional groups attached to an aromatic ring is 1. The summed E-state index contributed by atoms with van der Waals surface area (Å²) in [4.78, 5) is 11.4. The molecule has 0 spiro atoms. The van der Waals surface area contributed by atoms with Crippen molar-refractivity contribution in [1.82, 2.24) is 0 Å². The fraction of sp³-hybridized carbons (Fsp3) is 0.364. The van der Waals surface area contributed by atoms with Crippen LogP contribution in [0.3, 0.4) is 0 Å². The van der Waals surface area contributed by atoms with E-state index < -0.39 is 0 Å². The molecule has 0 saturated heterocycles. The summed E-state index contributed by atoms with van der Waals surface area (Å²) in [6, 6.07) is 3.37. The number of carbonyl (C=O) groups excluding carboxylic acids is 1. The zero-order valence-electron chi connectivity index (χ0n) is 9.25. The van der Waals surface area contributed by atoms with Crippen molar-refractivity contribution in [2.45, 2.75) is 13.8 Å². The van der Waals surface area contributed by atoms with Crippen LogP contribution < -0.4 is 10.5 Å². The molecule has 0 fully saturated rings. The molecule has 0 aliphatic heterocycles. The number of rotatable bonds is 5. The highest BCUT2D eigenvalue weighted by Gasteiger charge is 2.13. The number of hydrogen-bond donors (Lipinski definition) is 1. The number of carbonyl (C=O) groups is 1. The van der Waals surface area contributed by atoms with Gasteiger partial charge in [-0.1, -0.05) is 15.9 Å². The molecule has 5 heteroatoms. The maximum atomic E-state index is 11.4. The lowest BCUT2D eigenvalue weighted by atomic mass is 10.1. The number of benzene rings is 1. The van der Waals surface area contributed by atoms with E-state index in [-0.39, 0.29) is 12.6 Å². The van der Waals surface area contributed by atoms with Crippen LogP contribution in [0, 0.1) is 0 Å². The maximum absolute atomic E-state index is 11.4. The normalized spacial score (nSPS) is 10.2. The second kappa shape index (κ2) is 5.86. The monoisotopic (exact) mass is 287 g/mol. The van der Waals surface area contributed by atoms with E-state index >= 15 is 0 Å². The van der Waals surface area contributed by atoms with Gasteiger partial charge in [0.2, 0.25) is 0 Å². The lowest BCUT2D eigenvalue weighted by molar-refractivity contribution is 0.0224. The summed E-state index contributed by atoms with van der Waals surface area (Å²) in [7, 11) is 0. The second-order valence-corrected chi connectivity index (χ2v) is 4.10. The third-order valence-corrected chi connectivity index (χ3v) is 2.41. The highest BCUT2D eigenvalue weighted by Crippen LogP contribution is 2.31. The summed E-state index contributed by atoms with van der Waals surface area (Å²) < 4.78 is 11.1. The van der Waals surface area contributed by atoms with Crippen LogP contribution in [-0.4, -0.2) is 19.2 Å². The van der Waals surface area contributed by atoms with Crippen LogP contribution in [0.2, 0.25) is 0 Å². The molecule has 0 aliphatic carbocycles. The molecule has 0 atom stereocenters. The smallest absolute Gasteiger partial charge is 0.189 e. The fourth-order valence-corrected chi connectivity index (χ4v) is 1.70. The summed E-state index contributed by atoms with van der Waals surface area (Å²) in [6.45, 7) is 3.96. The topological polar surface area (TPSA) is 61.6 Å². The van der Waals surface area contributed by atoms with Crippen LogP contribution in [0.15, 0.2) is 16.6 Å².